The number of piperidine rings is 1. The molecule has 0 bridgehead atoms. The molecule has 0 saturated carbocycles. The number of imide groups is 1. The van der Waals surface area contributed by atoms with E-state index in [1.807, 2.05) is 0 Å². The predicted molar refractivity (Wildman–Crippen MR) is 69.2 cm³/mol. The van der Waals surface area contributed by atoms with Crippen LogP contribution in [0.4, 0.5) is 5.69 Å². The van der Waals surface area contributed by atoms with Gasteiger partial charge < -0.3 is 4.74 Å². The number of methoxy groups -OCH3 is 1. The number of carbonyl (C=O) groups is 2. The standard InChI is InChI=1S/C13H14N2O5/c1-20-11-4-3-10(15(18)19)7-9(11)6-8-2-5-12(16)14-13(8)17/h3-4,7-8H,2,5-6H2,1H3,(H,14,16,17). The smallest absolute Gasteiger partial charge is 0.269 e. The zero-order chi connectivity index (χ0) is 14.7. The number of nitrogens with zero attached hydrogens (tertiary/aromatic N) is 1. The van der Waals surface area contributed by atoms with Crippen molar-refractivity contribution < 1.29 is 19.2 Å². The van der Waals surface area contributed by atoms with Crippen LogP contribution in [0.5, 0.6) is 5.75 Å². The van der Waals surface area contributed by atoms with E-state index in [1.165, 1.54) is 25.3 Å². The van der Waals surface area contributed by atoms with E-state index in [2.05, 4.69) is 5.32 Å². The highest BCUT2D eigenvalue weighted by molar-refractivity contribution is 5.98. The number of rotatable bonds is 4. The van der Waals surface area contributed by atoms with Crippen molar-refractivity contribution in [3.63, 3.8) is 0 Å². The van der Waals surface area contributed by atoms with E-state index in [9.17, 15) is 19.7 Å². The summed E-state index contributed by atoms with van der Waals surface area (Å²) < 4.78 is 5.16. The van der Waals surface area contributed by atoms with E-state index >= 15 is 0 Å². The lowest BCUT2D eigenvalue weighted by Crippen LogP contribution is -2.41. The lowest BCUT2D eigenvalue weighted by atomic mass is 9.90. The number of non-ortho nitro benzene ring substituents is 1. The first-order chi connectivity index (χ1) is 9.51. The van der Waals surface area contributed by atoms with Gasteiger partial charge in [0.25, 0.3) is 5.69 Å². The topological polar surface area (TPSA) is 98.5 Å². The van der Waals surface area contributed by atoms with Crippen molar-refractivity contribution in [3.05, 3.63) is 33.9 Å². The van der Waals surface area contributed by atoms with Gasteiger partial charge in [-0.1, -0.05) is 0 Å². The van der Waals surface area contributed by atoms with Crippen LogP contribution in [0.2, 0.25) is 0 Å². The minimum Gasteiger partial charge on any atom is -0.496 e. The van der Waals surface area contributed by atoms with Gasteiger partial charge in [0.2, 0.25) is 11.8 Å². The van der Waals surface area contributed by atoms with Gasteiger partial charge in [-0.3, -0.25) is 25.0 Å². The highest BCUT2D eigenvalue weighted by Gasteiger charge is 2.28. The van der Waals surface area contributed by atoms with E-state index < -0.39 is 4.92 Å². The number of nitro groups is 1. The molecule has 7 heteroatoms. The second-order valence-electron chi connectivity index (χ2n) is 4.61. The maximum atomic E-state index is 11.7. The Hall–Kier alpha value is -2.44. The third-order valence-corrected chi connectivity index (χ3v) is 3.29. The summed E-state index contributed by atoms with van der Waals surface area (Å²) in [5.74, 6) is -0.490. The SMILES string of the molecule is COc1ccc([N+](=O)[O-])cc1CC1CCC(=O)NC1=O. The number of nitrogens with one attached hydrogen (secondary N) is 1. The monoisotopic (exact) mass is 278 g/mol. The molecule has 0 radical (unpaired) electrons. The zero-order valence-corrected chi connectivity index (χ0v) is 10.9. The third-order valence-electron chi connectivity index (χ3n) is 3.29. The van der Waals surface area contributed by atoms with Gasteiger partial charge in [-0.25, -0.2) is 0 Å². The summed E-state index contributed by atoms with van der Waals surface area (Å²) >= 11 is 0. The molecule has 2 rings (SSSR count). The number of hydrogen-bond acceptors (Lipinski definition) is 5. The highest BCUT2D eigenvalue weighted by atomic mass is 16.6. The Balaban J connectivity index is 2.23. The van der Waals surface area contributed by atoms with Gasteiger partial charge in [-0.05, 0) is 18.9 Å². The Morgan fingerprint density at radius 3 is 2.80 bits per heavy atom. The van der Waals surface area contributed by atoms with Crippen LogP contribution in [-0.4, -0.2) is 23.8 Å². The number of nitro benzene ring substituents is 1. The Morgan fingerprint density at radius 1 is 1.45 bits per heavy atom. The summed E-state index contributed by atoms with van der Waals surface area (Å²) in [6.45, 7) is 0. The summed E-state index contributed by atoms with van der Waals surface area (Å²) in [4.78, 5) is 33.1. The molecule has 1 unspecified atom stereocenters. The van der Waals surface area contributed by atoms with E-state index in [0.717, 1.165) is 0 Å². The predicted octanol–water partition coefficient (Wildman–Crippen LogP) is 1.20. The summed E-state index contributed by atoms with van der Waals surface area (Å²) in [5.41, 5.74) is 0.546. The quantitative estimate of drug-likeness (QED) is 0.507. The van der Waals surface area contributed by atoms with E-state index in [4.69, 9.17) is 4.74 Å². The molecule has 1 atom stereocenters. The summed E-state index contributed by atoms with van der Waals surface area (Å²) in [5, 5.41) is 13.1. The molecule has 1 heterocycles. The fourth-order valence-electron chi connectivity index (χ4n) is 2.24. The molecule has 1 N–H and O–H groups in total. The molecule has 20 heavy (non-hydrogen) atoms. The van der Waals surface area contributed by atoms with Gasteiger partial charge >= 0.3 is 0 Å². The molecule has 7 nitrogen and oxygen atoms in total. The molecule has 1 aromatic rings. The van der Waals surface area contributed by atoms with E-state index in [1.54, 1.807) is 0 Å². The maximum absolute atomic E-state index is 11.7. The summed E-state index contributed by atoms with van der Waals surface area (Å²) in [6, 6.07) is 4.27. The van der Waals surface area contributed by atoms with Gasteiger partial charge in [-0.15, -0.1) is 0 Å². The van der Waals surface area contributed by atoms with Crippen molar-refractivity contribution in [3.8, 4) is 5.75 Å². The Bertz CT molecular complexity index is 570. The van der Waals surface area contributed by atoms with Crippen molar-refractivity contribution in [2.75, 3.05) is 7.11 Å². The molecule has 0 spiro atoms. The minimum atomic E-state index is -0.493. The Labute approximate surface area is 115 Å². The molecular weight excluding hydrogens is 264 g/mol. The number of ether oxygens (including phenoxy) is 1. The van der Waals surface area contributed by atoms with Crippen LogP contribution in [-0.2, 0) is 16.0 Å². The molecular formula is C13H14N2O5. The average molecular weight is 278 g/mol. The molecule has 1 saturated heterocycles. The second kappa shape index (κ2) is 5.68. The van der Waals surface area contributed by atoms with Gasteiger partial charge in [0.15, 0.2) is 0 Å². The molecule has 0 aromatic heterocycles. The first-order valence-electron chi connectivity index (χ1n) is 6.16. The summed E-state index contributed by atoms with van der Waals surface area (Å²) in [6.07, 6.45) is 1.04. The van der Waals surface area contributed by atoms with Crippen LogP contribution in [0.3, 0.4) is 0 Å². The molecule has 1 aliphatic rings. The van der Waals surface area contributed by atoms with Crippen LogP contribution in [0.15, 0.2) is 18.2 Å². The minimum absolute atomic E-state index is 0.0481. The first kappa shape index (κ1) is 14.0. The molecule has 1 aromatic carbocycles. The lowest BCUT2D eigenvalue weighted by Gasteiger charge is -2.21. The van der Waals surface area contributed by atoms with E-state index in [0.29, 0.717) is 24.2 Å². The van der Waals surface area contributed by atoms with Crippen molar-refractivity contribution in [1.82, 2.24) is 5.32 Å². The fraction of sp³-hybridized carbons (Fsp3) is 0.385. The second-order valence-corrected chi connectivity index (χ2v) is 4.61. The Kier molecular flexibility index (Phi) is 3.97. The Morgan fingerprint density at radius 2 is 2.20 bits per heavy atom. The zero-order valence-electron chi connectivity index (χ0n) is 10.9. The van der Waals surface area contributed by atoms with Gasteiger partial charge in [-0.2, -0.15) is 0 Å². The van der Waals surface area contributed by atoms with Crippen molar-refractivity contribution in [2.45, 2.75) is 19.3 Å². The maximum Gasteiger partial charge on any atom is 0.269 e. The largest absolute Gasteiger partial charge is 0.496 e. The molecule has 2 amide bonds. The van der Waals surface area contributed by atoms with Crippen LogP contribution in [0, 0.1) is 16.0 Å². The van der Waals surface area contributed by atoms with Crippen molar-refractivity contribution in [2.24, 2.45) is 5.92 Å². The molecule has 1 fully saturated rings. The summed E-state index contributed by atoms with van der Waals surface area (Å²) in [7, 11) is 1.47. The van der Waals surface area contributed by atoms with Gasteiger partial charge in [0, 0.05) is 30.0 Å². The molecule has 1 aliphatic heterocycles. The fourth-order valence-corrected chi connectivity index (χ4v) is 2.24. The first-order valence-corrected chi connectivity index (χ1v) is 6.16. The normalized spacial score (nSPS) is 18.6. The number of carbonyl (C=O) groups excluding carboxylic acids is 2. The lowest BCUT2D eigenvalue weighted by molar-refractivity contribution is -0.384. The van der Waals surface area contributed by atoms with Gasteiger partial charge in [0.05, 0.1) is 12.0 Å². The van der Waals surface area contributed by atoms with Crippen molar-refractivity contribution in [1.29, 1.82) is 0 Å². The third kappa shape index (κ3) is 2.93. The van der Waals surface area contributed by atoms with Crippen molar-refractivity contribution >= 4 is 17.5 Å². The highest BCUT2D eigenvalue weighted by Crippen LogP contribution is 2.28. The van der Waals surface area contributed by atoms with Gasteiger partial charge in [0.1, 0.15) is 5.75 Å². The van der Waals surface area contributed by atoms with E-state index in [-0.39, 0.29) is 29.8 Å². The number of amides is 2. The molecule has 106 valence electrons. The molecule has 0 aliphatic carbocycles. The average Bonchev–Trinajstić information content (AvgIpc) is 2.41. The van der Waals surface area contributed by atoms with Crippen LogP contribution in [0.1, 0.15) is 18.4 Å². The number of hydrogen-bond donors (Lipinski definition) is 1. The number of benzene rings is 1. The van der Waals surface area contributed by atoms with Crippen LogP contribution >= 0.6 is 0 Å². The van der Waals surface area contributed by atoms with Crippen LogP contribution < -0.4 is 10.1 Å². The van der Waals surface area contributed by atoms with Crippen LogP contribution in [0.25, 0.3) is 0 Å².